The van der Waals surface area contributed by atoms with Crippen molar-refractivity contribution in [2.75, 3.05) is 13.1 Å². The third-order valence-electron chi connectivity index (χ3n) is 5.34. The molecule has 2 fully saturated rings. The SMILES string of the molecule is O=C(c1cc(-c2cnc3ncc(C4CC4)n3c2)ccc1F)N1CC[C@H](F)C1. The summed E-state index contributed by atoms with van der Waals surface area (Å²) in [5.41, 5.74) is 2.57. The second-order valence-electron chi connectivity index (χ2n) is 7.30. The maximum Gasteiger partial charge on any atom is 0.256 e. The van der Waals surface area contributed by atoms with Crippen LogP contribution in [0.1, 0.15) is 41.2 Å². The van der Waals surface area contributed by atoms with Crippen LogP contribution in [0.3, 0.4) is 0 Å². The second-order valence-corrected chi connectivity index (χ2v) is 7.30. The molecule has 5 nitrogen and oxygen atoms in total. The Kier molecular flexibility index (Phi) is 3.70. The number of aromatic nitrogens is 3. The molecule has 0 radical (unpaired) electrons. The summed E-state index contributed by atoms with van der Waals surface area (Å²) in [6, 6.07) is 4.44. The summed E-state index contributed by atoms with van der Waals surface area (Å²) >= 11 is 0. The molecule has 0 bridgehead atoms. The monoisotopic (exact) mass is 368 g/mol. The topological polar surface area (TPSA) is 50.5 Å². The van der Waals surface area contributed by atoms with Crippen molar-refractivity contribution in [1.29, 1.82) is 0 Å². The Balaban J connectivity index is 1.53. The normalized spacial score (nSPS) is 19.8. The van der Waals surface area contributed by atoms with Crippen LogP contribution in [0.2, 0.25) is 0 Å². The highest BCUT2D eigenvalue weighted by Crippen LogP contribution is 2.40. The zero-order chi connectivity index (χ0) is 18.5. The first-order chi connectivity index (χ1) is 13.1. The molecule has 3 heterocycles. The van der Waals surface area contributed by atoms with Crippen LogP contribution in [0.15, 0.2) is 36.8 Å². The molecule has 1 saturated heterocycles. The van der Waals surface area contributed by atoms with Crippen LogP contribution in [-0.4, -0.2) is 44.4 Å². The fourth-order valence-corrected chi connectivity index (χ4v) is 3.66. The molecule has 0 spiro atoms. The summed E-state index contributed by atoms with van der Waals surface area (Å²) in [4.78, 5) is 22.7. The first-order valence-electron chi connectivity index (χ1n) is 9.16. The fourth-order valence-electron chi connectivity index (χ4n) is 3.66. The maximum atomic E-state index is 14.3. The molecule has 1 aliphatic carbocycles. The van der Waals surface area contributed by atoms with Crippen molar-refractivity contribution >= 4 is 11.7 Å². The average molecular weight is 368 g/mol. The van der Waals surface area contributed by atoms with Crippen molar-refractivity contribution in [3.63, 3.8) is 0 Å². The summed E-state index contributed by atoms with van der Waals surface area (Å²) in [5, 5.41) is 0. The van der Waals surface area contributed by atoms with Crippen LogP contribution in [-0.2, 0) is 0 Å². The molecule has 1 aliphatic heterocycles. The number of amides is 1. The van der Waals surface area contributed by atoms with Crippen LogP contribution in [0.4, 0.5) is 8.78 Å². The molecule has 0 N–H and O–H groups in total. The van der Waals surface area contributed by atoms with Gasteiger partial charge in [0.15, 0.2) is 0 Å². The molecule has 7 heteroatoms. The van der Waals surface area contributed by atoms with Gasteiger partial charge in [-0.05, 0) is 37.0 Å². The number of imidazole rings is 1. The molecule has 2 aliphatic rings. The zero-order valence-electron chi connectivity index (χ0n) is 14.6. The van der Waals surface area contributed by atoms with E-state index in [4.69, 9.17) is 0 Å². The number of nitrogens with zero attached hydrogens (tertiary/aromatic N) is 4. The Labute approximate surface area is 154 Å². The number of rotatable bonds is 3. The van der Waals surface area contributed by atoms with Gasteiger partial charge in [-0.15, -0.1) is 0 Å². The number of carbonyl (C=O) groups is 1. The highest BCUT2D eigenvalue weighted by atomic mass is 19.1. The van der Waals surface area contributed by atoms with Gasteiger partial charge in [0.25, 0.3) is 5.91 Å². The van der Waals surface area contributed by atoms with Gasteiger partial charge in [0.05, 0.1) is 18.3 Å². The molecule has 2 aromatic heterocycles. The molecule has 1 amide bonds. The van der Waals surface area contributed by atoms with Gasteiger partial charge < -0.3 is 4.90 Å². The quantitative estimate of drug-likeness (QED) is 0.710. The number of fused-ring (bicyclic) bond motifs is 1. The highest BCUT2D eigenvalue weighted by molar-refractivity contribution is 5.96. The lowest BCUT2D eigenvalue weighted by atomic mass is 10.0. The fraction of sp³-hybridized carbons (Fsp3) is 0.350. The van der Waals surface area contributed by atoms with E-state index in [1.54, 1.807) is 12.3 Å². The summed E-state index contributed by atoms with van der Waals surface area (Å²) < 4.78 is 29.7. The lowest BCUT2D eigenvalue weighted by molar-refractivity contribution is 0.0778. The van der Waals surface area contributed by atoms with E-state index in [0.29, 0.717) is 30.2 Å². The molecule has 138 valence electrons. The van der Waals surface area contributed by atoms with Gasteiger partial charge in [-0.3, -0.25) is 9.20 Å². The van der Waals surface area contributed by atoms with Crippen LogP contribution in [0.5, 0.6) is 0 Å². The van der Waals surface area contributed by atoms with E-state index in [0.717, 1.165) is 24.1 Å². The Hall–Kier alpha value is -2.83. The largest absolute Gasteiger partial charge is 0.336 e. The second kappa shape index (κ2) is 6.11. The Morgan fingerprint density at radius 1 is 1.11 bits per heavy atom. The average Bonchev–Trinajstić information content (AvgIpc) is 3.28. The predicted octanol–water partition coefficient (Wildman–Crippen LogP) is 3.60. The first kappa shape index (κ1) is 16.4. The third-order valence-corrected chi connectivity index (χ3v) is 5.34. The Morgan fingerprint density at radius 2 is 1.93 bits per heavy atom. The number of hydrogen-bond donors (Lipinski definition) is 0. The number of benzene rings is 1. The van der Waals surface area contributed by atoms with Gasteiger partial charge in [0.2, 0.25) is 5.78 Å². The van der Waals surface area contributed by atoms with Gasteiger partial charge >= 0.3 is 0 Å². The van der Waals surface area contributed by atoms with Gasteiger partial charge in [0.1, 0.15) is 12.0 Å². The van der Waals surface area contributed by atoms with E-state index in [9.17, 15) is 13.6 Å². The third kappa shape index (κ3) is 2.87. The van der Waals surface area contributed by atoms with E-state index < -0.39 is 17.9 Å². The molecule has 5 rings (SSSR count). The number of alkyl halides is 1. The minimum Gasteiger partial charge on any atom is -0.336 e. The smallest absolute Gasteiger partial charge is 0.256 e. The van der Waals surface area contributed by atoms with E-state index in [1.165, 1.54) is 17.0 Å². The molecule has 1 aromatic carbocycles. The van der Waals surface area contributed by atoms with Crippen LogP contribution < -0.4 is 0 Å². The van der Waals surface area contributed by atoms with Gasteiger partial charge in [-0.25, -0.2) is 18.7 Å². The summed E-state index contributed by atoms with van der Waals surface area (Å²) in [5.74, 6) is 0.0857. The van der Waals surface area contributed by atoms with Crippen LogP contribution in [0, 0.1) is 5.82 Å². The first-order valence-corrected chi connectivity index (χ1v) is 9.16. The minimum absolute atomic E-state index is 0.0236. The van der Waals surface area contributed by atoms with Crippen molar-refractivity contribution in [3.05, 3.63) is 53.9 Å². The van der Waals surface area contributed by atoms with E-state index in [2.05, 4.69) is 9.97 Å². The van der Waals surface area contributed by atoms with Crippen molar-refractivity contribution in [2.24, 2.45) is 0 Å². The highest BCUT2D eigenvalue weighted by Gasteiger charge is 2.29. The molecule has 27 heavy (non-hydrogen) atoms. The van der Waals surface area contributed by atoms with Gasteiger partial charge in [-0.2, -0.15) is 0 Å². The van der Waals surface area contributed by atoms with Crippen molar-refractivity contribution in [1.82, 2.24) is 19.3 Å². The van der Waals surface area contributed by atoms with Crippen molar-refractivity contribution in [2.45, 2.75) is 31.4 Å². The molecule has 3 aromatic rings. The van der Waals surface area contributed by atoms with E-state index in [-0.39, 0.29) is 12.1 Å². The number of halogens is 2. The Morgan fingerprint density at radius 3 is 2.67 bits per heavy atom. The lowest BCUT2D eigenvalue weighted by Gasteiger charge is -2.16. The molecule has 0 unspecified atom stereocenters. The van der Waals surface area contributed by atoms with Crippen molar-refractivity contribution < 1.29 is 13.6 Å². The molecular formula is C20H18F2N4O. The Bertz CT molecular complexity index is 1040. The lowest BCUT2D eigenvalue weighted by Crippen LogP contribution is -2.29. The maximum absolute atomic E-state index is 14.3. The minimum atomic E-state index is -1.03. The molecular weight excluding hydrogens is 350 g/mol. The number of carbonyl (C=O) groups excluding carboxylic acids is 1. The molecule has 1 atom stereocenters. The molecule has 1 saturated carbocycles. The number of likely N-dealkylation sites (tertiary alicyclic amines) is 1. The van der Waals surface area contributed by atoms with Crippen molar-refractivity contribution in [3.8, 4) is 11.1 Å². The van der Waals surface area contributed by atoms with Gasteiger partial charge in [-0.1, -0.05) is 6.07 Å². The van der Waals surface area contributed by atoms with E-state index >= 15 is 0 Å². The van der Waals surface area contributed by atoms with Gasteiger partial charge in [0, 0.05) is 36.1 Å². The van der Waals surface area contributed by atoms with Crippen LogP contribution >= 0.6 is 0 Å². The number of hydrogen-bond acceptors (Lipinski definition) is 3. The zero-order valence-corrected chi connectivity index (χ0v) is 14.6. The van der Waals surface area contributed by atoms with Crippen LogP contribution in [0.25, 0.3) is 16.9 Å². The summed E-state index contributed by atoms with van der Waals surface area (Å²) in [6.07, 6.45) is 7.03. The summed E-state index contributed by atoms with van der Waals surface area (Å²) in [7, 11) is 0. The summed E-state index contributed by atoms with van der Waals surface area (Å²) in [6.45, 7) is 0.340. The van der Waals surface area contributed by atoms with E-state index in [1.807, 2.05) is 16.8 Å². The predicted molar refractivity (Wildman–Crippen MR) is 95.8 cm³/mol. The standard InChI is InChI=1S/C20H18F2N4O/c21-15-5-6-25(11-15)19(27)16-7-13(3-4-17(16)22)14-8-23-20-24-9-18(12-1-2-12)26(20)10-14/h3-4,7-10,12,15H,1-2,5-6,11H2/t15-/m0/s1.